The largest absolute Gasteiger partial charge is 0.388 e. The topological polar surface area (TPSA) is 83.5 Å². The van der Waals surface area contributed by atoms with E-state index in [-0.39, 0.29) is 29.7 Å². The van der Waals surface area contributed by atoms with Crippen molar-refractivity contribution >= 4 is 15.7 Å². The van der Waals surface area contributed by atoms with E-state index in [2.05, 4.69) is 5.32 Å². The van der Waals surface area contributed by atoms with Crippen molar-refractivity contribution in [1.82, 2.24) is 5.32 Å². The zero-order valence-corrected chi connectivity index (χ0v) is 14.7. The summed E-state index contributed by atoms with van der Waals surface area (Å²) in [6.45, 7) is 5.28. The molecule has 0 saturated heterocycles. The molecule has 0 aliphatic heterocycles. The van der Waals surface area contributed by atoms with Gasteiger partial charge in [-0.05, 0) is 57.2 Å². The van der Waals surface area contributed by atoms with Gasteiger partial charge in [0.05, 0.1) is 22.2 Å². The lowest BCUT2D eigenvalue weighted by atomic mass is 10.0. The smallest absolute Gasteiger partial charge is 0.224 e. The molecule has 1 saturated carbocycles. The molecule has 0 aromatic heterocycles. The van der Waals surface area contributed by atoms with Crippen LogP contribution < -0.4 is 5.32 Å². The molecule has 5 nitrogen and oxygen atoms in total. The van der Waals surface area contributed by atoms with E-state index in [0.717, 1.165) is 18.4 Å². The molecule has 1 atom stereocenters. The zero-order valence-electron chi connectivity index (χ0n) is 13.9. The summed E-state index contributed by atoms with van der Waals surface area (Å²) in [6.07, 6.45) is 2.19. The molecule has 1 aliphatic rings. The van der Waals surface area contributed by atoms with E-state index in [1.165, 1.54) is 12.1 Å². The van der Waals surface area contributed by atoms with Gasteiger partial charge < -0.3 is 10.4 Å². The monoisotopic (exact) mass is 339 g/mol. The Morgan fingerprint density at radius 2 is 1.87 bits per heavy atom. The highest BCUT2D eigenvalue weighted by atomic mass is 32.2. The molecule has 2 N–H and O–H groups in total. The molecule has 23 heavy (non-hydrogen) atoms. The van der Waals surface area contributed by atoms with Crippen LogP contribution >= 0.6 is 0 Å². The first-order valence-electron chi connectivity index (χ1n) is 7.95. The fraction of sp³-hybridized carbons (Fsp3) is 0.588. The van der Waals surface area contributed by atoms with Crippen LogP contribution in [0.1, 0.15) is 39.2 Å². The highest BCUT2D eigenvalue weighted by Gasteiger charge is 2.39. The Bertz CT molecular complexity index is 658. The molecule has 1 aromatic rings. The van der Waals surface area contributed by atoms with Crippen molar-refractivity contribution in [3.63, 3.8) is 0 Å². The van der Waals surface area contributed by atoms with Crippen molar-refractivity contribution in [1.29, 1.82) is 0 Å². The van der Waals surface area contributed by atoms with Crippen LogP contribution in [0.3, 0.4) is 0 Å². The summed E-state index contributed by atoms with van der Waals surface area (Å²) < 4.78 is 24.1. The number of carbonyl (C=O) groups is 1. The number of hydrogen-bond donors (Lipinski definition) is 2. The van der Waals surface area contributed by atoms with Gasteiger partial charge in [0.2, 0.25) is 5.91 Å². The average Bonchev–Trinajstić information content (AvgIpc) is 3.31. The van der Waals surface area contributed by atoms with Crippen molar-refractivity contribution in [2.24, 2.45) is 5.92 Å². The van der Waals surface area contributed by atoms with Crippen molar-refractivity contribution in [2.75, 3.05) is 6.54 Å². The summed E-state index contributed by atoms with van der Waals surface area (Å²) in [6, 6.07) is 6.40. The number of nitrogens with one attached hydrogen (secondary N) is 1. The van der Waals surface area contributed by atoms with Gasteiger partial charge in [-0.3, -0.25) is 4.79 Å². The number of rotatable bonds is 7. The Morgan fingerprint density at radius 3 is 2.35 bits per heavy atom. The first kappa shape index (κ1) is 17.9. The van der Waals surface area contributed by atoms with E-state index in [9.17, 15) is 18.3 Å². The first-order valence-corrected chi connectivity index (χ1v) is 9.49. The predicted octanol–water partition coefficient (Wildman–Crippen LogP) is 1.69. The molecule has 0 spiro atoms. The molecule has 1 unspecified atom stereocenters. The second-order valence-corrected chi connectivity index (χ2v) is 9.33. The maximum Gasteiger partial charge on any atom is 0.224 e. The molecule has 1 fully saturated rings. The van der Waals surface area contributed by atoms with E-state index in [1.807, 2.05) is 0 Å². The SMILES string of the molecule is CC(C)S(=O)(=O)c1ccc(CC(=O)NCC(C)(O)C2CC2)cc1. The number of sulfone groups is 1. The van der Waals surface area contributed by atoms with Crippen LogP contribution in [0.2, 0.25) is 0 Å². The van der Waals surface area contributed by atoms with Gasteiger partial charge in [-0.1, -0.05) is 12.1 Å². The van der Waals surface area contributed by atoms with Crippen molar-refractivity contribution in [3.05, 3.63) is 29.8 Å². The molecule has 1 amide bonds. The third-order valence-electron chi connectivity index (χ3n) is 4.34. The standard InChI is InChI=1S/C17H25NO4S/c1-12(2)23(21,22)15-8-4-13(5-9-15)10-16(19)18-11-17(3,20)14-6-7-14/h4-5,8-9,12,14,20H,6-7,10-11H2,1-3H3,(H,18,19). The number of hydrogen-bond acceptors (Lipinski definition) is 4. The van der Waals surface area contributed by atoms with Gasteiger partial charge >= 0.3 is 0 Å². The van der Waals surface area contributed by atoms with Gasteiger partial charge in [-0.2, -0.15) is 0 Å². The van der Waals surface area contributed by atoms with Gasteiger partial charge in [-0.25, -0.2) is 8.42 Å². The summed E-state index contributed by atoms with van der Waals surface area (Å²) in [5.41, 5.74) is -0.0959. The van der Waals surface area contributed by atoms with Crippen molar-refractivity contribution in [3.8, 4) is 0 Å². The summed E-state index contributed by atoms with van der Waals surface area (Å²) in [4.78, 5) is 12.2. The number of aliphatic hydroxyl groups is 1. The van der Waals surface area contributed by atoms with Crippen LogP contribution in [0, 0.1) is 5.92 Å². The van der Waals surface area contributed by atoms with Gasteiger partial charge in [0.15, 0.2) is 9.84 Å². The van der Waals surface area contributed by atoms with Crippen LogP contribution in [-0.4, -0.2) is 36.8 Å². The normalized spacial score (nSPS) is 17.8. The highest BCUT2D eigenvalue weighted by molar-refractivity contribution is 7.92. The maximum absolute atomic E-state index is 12.0. The minimum Gasteiger partial charge on any atom is -0.388 e. The summed E-state index contributed by atoms with van der Waals surface area (Å²) >= 11 is 0. The second-order valence-electron chi connectivity index (χ2n) is 6.82. The maximum atomic E-state index is 12.0. The highest BCUT2D eigenvalue weighted by Crippen LogP contribution is 2.38. The van der Waals surface area contributed by atoms with Gasteiger partial charge in [0.25, 0.3) is 0 Å². The molecule has 2 rings (SSSR count). The van der Waals surface area contributed by atoms with E-state index >= 15 is 0 Å². The lowest BCUT2D eigenvalue weighted by molar-refractivity contribution is -0.121. The fourth-order valence-electron chi connectivity index (χ4n) is 2.44. The van der Waals surface area contributed by atoms with Crippen LogP contribution in [-0.2, 0) is 21.1 Å². The quantitative estimate of drug-likeness (QED) is 0.792. The number of carbonyl (C=O) groups excluding carboxylic acids is 1. The lowest BCUT2D eigenvalue weighted by Crippen LogP contribution is -2.42. The average molecular weight is 339 g/mol. The summed E-state index contributed by atoms with van der Waals surface area (Å²) in [5, 5.41) is 12.4. The van der Waals surface area contributed by atoms with Crippen molar-refractivity contribution < 1.29 is 18.3 Å². The molecule has 0 radical (unpaired) electrons. The zero-order chi connectivity index (χ0) is 17.3. The van der Waals surface area contributed by atoms with Crippen LogP contribution in [0.4, 0.5) is 0 Å². The Hall–Kier alpha value is -1.40. The second kappa shape index (κ2) is 6.61. The fourth-order valence-corrected chi connectivity index (χ4v) is 3.50. The minimum atomic E-state index is -3.29. The molecule has 1 aromatic carbocycles. The molecule has 6 heteroatoms. The van der Waals surface area contributed by atoms with E-state index < -0.39 is 20.7 Å². The molecule has 0 bridgehead atoms. The number of amides is 1. The van der Waals surface area contributed by atoms with Crippen molar-refractivity contribution in [2.45, 2.75) is 55.8 Å². The molecule has 128 valence electrons. The summed E-state index contributed by atoms with van der Waals surface area (Å²) in [7, 11) is -3.29. The van der Waals surface area contributed by atoms with E-state index in [1.54, 1.807) is 32.9 Å². The predicted molar refractivity (Wildman–Crippen MR) is 88.8 cm³/mol. The Balaban J connectivity index is 1.92. The van der Waals surface area contributed by atoms with Gasteiger partial charge in [0, 0.05) is 6.54 Å². The van der Waals surface area contributed by atoms with E-state index in [0.29, 0.717) is 0 Å². The van der Waals surface area contributed by atoms with Crippen LogP contribution in [0.15, 0.2) is 29.2 Å². The molecule has 1 aliphatic carbocycles. The Labute approximate surface area is 138 Å². The molecule has 0 heterocycles. The van der Waals surface area contributed by atoms with E-state index in [4.69, 9.17) is 0 Å². The molecular weight excluding hydrogens is 314 g/mol. The Kier molecular flexibility index (Phi) is 5.16. The lowest BCUT2D eigenvalue weighted by Gasteiger charge is -2.23. The third kappa shape index (κ3) is 4.54. The third-order valence-corrected chi connectivity index (χ3v) is 6.51. The number of benzene rings is 1. The first-order chi connectivity index (χ1) is 10.6. The Morgan fingerprint density at radius 1 is 1.30 bits per heavy atom. The minimum absolute atomic E-state index is 0.169. The molecular formula is C17H25NO4S. The summed E-state index contributed by atoms with van der Waals surface area (Å²) in [5.74, 6) is 0.105. The van der Waals surface area contributed by atoms with Gasteiger partial charge in [0.1, 0.15) is 0 Å². The van der Waals surface area contributed by atoms with Gasteiger partial charge in [-0.15, -0.1) is 0 Å². The van der Waals surface area contributed by atoms with Crippen LogP contribution in [0.5, 0.6) is 0 Å². The van der Waals surface area contributed by atoms with Crippen LogP contribution in [0.25, 0.3) is 0 Å².